The van der Waals surface area contributed by atoms with Crippen molar-refractivity contribution in [1.82, 2.24) is 5.32 Å². The molecule has 0 fully saturated rings. The summed E-state index contributed by atoms with van der Waals surface area (Å²) in [6.07, 6.45) is 3.78. The second kappa shape index (κ2) is 9.67. The van der Waals surface area contributed by atoms with E-state index in [0.717, 1.165) is 47.3 Å². The van der Waals surface area contributed by atoms with Crippen molar-refractivity contribution in [1.29, 1.82) is 0 Å². The summed E-state index contributed by atoms with van der Waals surface area (Å²) in [7, 11) is 0. The molecule has 2 amide bonds. The van der Waals surface area contributed by atoms with E-state index in [4.69, 9.17) is 9.84 Å². The molecule has 7 nitrogen and oxygen atoms in total. The van der Waals surface area contributed by atoms with E-state index in [1.54, 1.807) is 0 Å². The summed E-state index contributed by atoms with van der Waals surface area (Å²) in [5.41, 5.74) is 3.68. The molecule has 0 unspecified atom stereocenters. The molecule has 0 radical (unpaired) electrons. The van der Waals surface area contributed by atoms with Crippen molar-refractivity contribution in [2.75, 3.05) is 18.5 Å². The molecule has 0 spiro atoms. The Kier molecular flexibility index (Phi) is 7.00. The number of hydrogen-bond acceptors (Lipinski definition) is 5. The zero-order valence-corrected chi connectivity index (χ0v) is 17.1. The number of benzene rings is 1. The van der Waals surface area contributed by atoms with Crippen LogP contribution < -0.4 is 10.6 Å². The van der Waals surface area contributed by atoms with Gasteiger partial charge in [0.1, 0.15) is 18.2 Å². The van der Waals surface area contributed by atoms with E-state index in [1.165, 1.54) is 11.3 Å². The summed E-state index contributed by atoms with van der Waals surface area (Å²) in [5.74, 6) is -1.83. The molecule has 0 aliphatic heterocycles. The molecule has 2 aromatic rings. The van der Waals surface area contributed by atoms with Crippen LogP contribution in [-0.4, -0.2) is 36.1 Å². The van der Waals surface area contributed by atoms with Gasteiger partial charge in [0.15, 0.2) is 0 Å². The Morgan fingerprint density at radius 1 is 1.10 bits per heavy atom. The summed E-state index contributed by atoms with van der Waals surface area (Å²) in [5, 5.41) is 14.8. The van der Waals surface area contributed by atoms with Gasteiger partial charge in [0.05, 0.1) is 5.56 Å². The molecule has 1 aliphatic carbocycles. The van der Waals surface area contributed by atoms with E-state index in [2.05, 4.69) is 10.6 Å². The van der Waals surface area contributed by atoms with Gasteiger partial charge in [-0.1, -0.05) is 29.8 Å². The molecule has 3 N–H and O–H groups in total. The molecule has 0 saturated carbocycles. The quantitative estimate of drug-likeness (QED) is 0.614. The van der Waals surface area contributed by atoms with E-state index in [-0.39, 0.29) is 12.5 Å². The minimum atomic E-state index is -1.14. The Morgan fingerprint density at radius 2 is 1.83 bits per heavy atom. The van der Waals surface area contributed by atoms with Crippen molar-refractivity contribution < 1.29 is 24.2 Å². The van der Waals surface area contributed by atoms with Crippen molar-refractivity contribution in [3.8, 4) is 0 Å². The van der Waals surface area contributed by atoms with Gasteiger partial charge in [-0.3, -0.25) is 9.59 Å². The fourth-order valence-corrected chi connectivity index (χ4v) is 4.57. The summed E-state index contributed by atoms with van der Waals surface area (Å²) in [6.45, 7) is 1.49. The number of aliphatic carboxylic acids is 1. The van der Waals surface area contributed by atoms with Gasteiger partial charge in [-0.2, -0.15) is 0 Å². The van der Waals surface area contributed by atoms with Crippen LogP contribution in [0.4, 0.5) is 5.00 Å². The zero-order valence-electron chi connectivity index (χ0n) is 16.2. The molecule has 29 heavy (non-hydrogen) atoms. The van der Waals surface area contributed by atoms with Gasteiger partial charge >= 0.3 is 5.97 Å². The lowest BCUT2D eigenvalue weighted by Crippen LogP contribution is -2.26. The van der Waals surface area contributed by atoms with Crippen LogP contribution in [0.2, 0.25) is 0 Å². The lowest BCUT2D eigenvalue weighted by Gasteiger charge is -2.13. The minimum absolute atomic E-state index is 0.216. The molecule has 3 rings (SSSR count). The fraction of sp³-hybridized carbons (Fsp3) is 0.381. The number of carbonyl (C=O) groups is 3. The molecule has 1 heterocycles. The number of hydrogen-bond donors (Lipinski definition) is 3. The number of aryl methyl sites for hydroxylation is 2. The SMILES string of the molecule is Cc1ccc(CNC(=O)c2c(NC(=O)COCC(=O)O)sc3c2CCCC3)cc1. The van der Waals surface area contributed by atoms with Crippen LogP contribution in [0, 0.1) is 6.92 Å². The molecular formula is C21H24N2O5S. The van der Waals surface area contributed by atoms with E-state index < -0.39 is 18.5 Å². The van der Waals surface area contributed by atoms with Crippen LogP contribution >= 0.6 is 11.3 Å². The lowest BCUT2D eigenvalue weighted by atomic mass is 9.95. The van der Waals surface area contributed by atoms with Gasteiger partial charge in [-0.05, 0) is 43.7 Å². The van der Waals surface area contributed by atoms with E-state index >= 15 is 0 Å². The van der Waals surface area contributed by atoms with Crippen LogP contribution in [0.3, 0.4) is 0 Å². The fourth-order valence-electron chi connectivity index (χ4n) is 3.26. The number of rotatable bonds is 8. The van der Waals surface area contributed by atoms with Crippen molar-refractivity contribution in [2.45, 2.75) is 39.2 Å². The molecular weight excluding hydrogens is 392 g/mol. The normalized spacial score (nSPS) is 12.9. The third-order valence-electron chi connectivity index (χ3n) is 4.68. The molecule has 1 aromatic heterocycles. The lowest BCUT2D eigenvalue weighted by molar-refractivity contribution is -0.143. The summed E-state index contributed by atoms with van der Waals surface area (Å²) in [6, 6.07) is 7.94. The first-order valence-corrected chi connectivity index (χ1v) is 10.3. The standard InChI is InChI=1S/C21H24N2O5S/c1-13-6-8-14(9-7-13)10-22-20(27)19-15-4-2-3-5-16(15)29-21(19)23-17(24)11-28-12-18(25)26/h6-9H,2-5,10-12H2,1H3,(H,22,27)(H,23,24)(H,25,26). The minimum Gasteiger partial charge on any atom is -0.480 e. The van der Waals surface area contributed by atoms with Crippen molar-refractivity contribution >= 4 is 34.1 Å². The first-order valence-electron chi connectivity index (χ1n) is 9.51. The predicted molar refractivity (Wildman–Crippen MR) is 110 cm³/mol. The summed E-state index contributed by atoms with van der Waals surface area (Å²) >= 11 is 1.42. The number of carboxylic acids is 1. The maximum absolute atomic E-state index is 13.0. The Morgan fingerprint density at radius 3 is 2.55 bits per heavy atom. The Hall–Kier alpha value is -2.71. The molecule has 0 saturated heterocycles. The number of thiophene rings is 1. The zero-order chi connectivity index (χ0) is 20.8. The number of fused-ring (bicyclic) bond motifs is 1. The van der Waals surface area contributed by atoms with Crippen molar-refractivity contribution in [3.63, 3.8) is 0 Å². The molecule has 1 aliphatic rings. The largest absolute Gasteiger partial charge is 0.480 e. The topological polar surface area (TPSA) is 105 Å². The van der Waals surface area contributed by atoms with Gasteiger partial charge in [-0.15, -0.1) is 11.3 Å². The number of carbonyl (C=O) groups excluding carboxylic acids is 2. The van der Waals surface area contributed by atoms with Crippen LogP contribution in [0.1, 0.15) is 44.8 Å². The average Bonchev–Trinajstić information content (AvgIpc) is 3.04. The highest BCUT2D eigenvalue weighted by Gasteiger charge is 2.26. The number of nitrogens with one attached hydrogen (secondary N) is 2. The van der Waals surface area contributed by atoms with E-state index in [1.807, 2.05) is 31.2 Å². The molecule has 0 bridgehead atoms. The number of ether oxygens (including phenoxy) is 1. The third kappa shape index (κ3) is 5.65. The van der Waals surface area contributed by atoms with Crippen LogP contribution in [0.15, 0.2) is 24.3 Å². The molecule has 8 heteroatoms. The molecule has 1 aromatic carbocycles. The summed E-state index contributed by atoms with van der Waals surface area (Å²) in [4.78, 5) is 36.7. The molecule has 0 atom stereocenters. The Bertz CT molecular complexity index is 905. The Labute approximate surface area is 173 Å². The first-order chi connectivity index (χ1) is 13.9. The van der Waals surface area contributed by atoms with E-state index in [0.29, 0.717) is 17.1 Å². The third-order valence-corrected chi connectivity index (χ3v) is 5.89. The average molecular weight is 416 g/mol. The van der Waals surface area contributed by atoms with Gasteiger partial charge < -0.3 is 20.5 Å². The number of amides is 2. The summed E-state index contributed by atoms with van der Waals surface area (Å²) < 4.78 is 4.84. The van der Waals surface area contributed by atoms with Gasteiger partial charge in [0.25, 0.3) is 11.8 Å². The number of anilines is 1. The Balaban J connectivity index is 1.72. The highest BCUT2D eigenvalue weighted by molar-refractivity contribution is 7.17. The monoisotopic (exact) mass is 416 g/mol. The van der Waals surface area contributed by atoms with Gasteiger partial charge in [0.2, 0.25) is 0 Å². The molecule has 154 valence electrons. The maximum Gasteiger partial charge on any atom is 0.329 e. The van der Waals surface area contributed by atoms with Gasteiger partial charge in [0, 0.05) is 11.4 Å². The highest BCUT2D eigenvalue weighted by atomic mass is 32.1. The van der Waals surface area contributed by atoms with Gasteiger partial charge in [-0.25, -0.2) is 4.79 Å². The second-order valence-corrected chi connectivity index (χ2v) is 8.12. The van der Waals surface area contributed by atoms with Crippen molar-refractivity contribution in [2.24, 2.45) is 0 Å². The number of carboxylic acid groups (broad SMARTS) is 1. The highest BCUT2D eigenvalue weighted by Crippen LogP contribution is 2.38. The second-order valence-electron chi connectivity index (χ2n) is 7.02. The first kappa shape index (κ1) is 21.0. The van der Waals surface area contributed by atoms with Crippen LogP contribution in [-0.2, 0) is 33.7 Å². The predicted octanol–water partition coefficient (Wildman–Crippen LogP) is 2.91. The van der Waals surface area contributed by atoms with Crippen LogP contribution in [0.25, 0.3) is 0 Å². The smallest absolute Gasteiger partial charge is 0.329 e. The van der Waals surface area contributed by atoms with Crippen LogP contribution in [0.5, 0.6) is 0 Å². The van der Waals surface area contributed by atoms with E-state index in [9.17, 15) is 14.4 Å². The maximum atomic E-state index is 13.0. The van der Waals surface area contributed by atoms with Crippen molar-refractivity contribution in [3.05, 3.63) is 51.4 Å².